The number of benzene rings is 2. The van der Waals surface area contributed by atoms with Crippen molar-refractivity contribution in [2.45, 2.75) is 19.9 Å². The van der Waals surface area contributed by atoms with Crippen LogP contribution in [0.3, 0.4) is 0 Å². The van der Waals surface area contributed by atoms with Crippen LogP contribution in [0.4, 0.5) is 0 Å². The SMILES string of the molecule is Cc1sc(CCn2c3ccccc3c3ccccc32)c2c1OCCO2. The molecular weight excluding hydrogens is 330 g/mol. The van der Waals surface area contributed by atoms with Crippen molar-refractivity contribution in [2.24, 2.45) is 0 Å². The van der Waals surface area contributed by atoms with Gasteiger partial charge in [0.15, 0.2) is 11.5 Å². The molecule has 25 heavy (non-hydrogen) atoms. The lowest BCUT2D eigenvalue weighted by Gasteiger charge is -2.17. The Morgan fingerprint density at radius 3 is 2.16 bits per heavy atom. The van der Waals surface area contributed by atoms with E-state index in [1.54, 1.807) is 11.3 Å². The van der Waals surface area contributed by atoms with E-state index in [0.29, 0.717) is 13.2 Å². The highest BCUT2D eigenvalue weighted by molar-refractivity contribution is 7.12. The normalized spacial score (nSPS) is 13.6. The highest BCUT2D eigenvalue weighted by Gasteiger charge is 2.22. The summed E-state index contributed by atoms with van der Waals surface area (Å²) < 4.78 is 14.1. The van der Waals surface area contributed by atoms with Crippen molar-refractivity contribution in [2.75, 3.05) is 13.2 Å². The molecule has 0 bridgehead atoms. The topological polar surface area (TPSA) is 23.4 Å². The summed E-state index contributed by atoms with van der Waals surface area (Å²) >= 11 is 1.80. The second kappa shape index (κ2) is 5.81. The summed E-state index contributed by atoms with van der Waals surface area (Å²) in [6.07, 6.45) is 0.951. The van der Waals surface area contributed by atoms with Crippen LogP contribution in [-0.4, -0.2) is 17.8 Å². The van der Waals surface area contributed by atoms with Crippen molar-refractivity contribution in [1.82, 2.24) is 4.57 Å². The molecule has 0 aliphatic carbocycles. The zero-order chi connectivity index (χ0) is 16.8. The number of hydrogen-bond donors (Lipinski definition) is 0. The zero-order valence-electron chi connectivity index (χ0n) is 14.1. The molecule has 0 spiro atoms. The monoisotopic (exact) mass is 349 g/mol. The minimum Gasteiger partial charge on any atom is -0.485 e. The van der Waals surface area contributed by atoms with Gasteiger partial charge in [-0.1, -0.05) is 36.4 Å². The molecular formula is C21H19NO2S. The van der Waals surface area contributed by atoms with Gasteiger partial charge in [0.25, 0.3) is 0 Å². The molecule has 1 aliphatic heterocycles. The molecule has 2 aromatic heterocycles. The lowest BCUT2D eigenvalue weighted by molar-refractivity contribution is 0.171. The number of aryl methyl sites for hydroxylation is 3. The molecule has 0 fully saturated rings. The Kier molecular flexibility index (Phi) is 3.45. The molecule has 0 saturated heterocycles. The molecule has 4 heteroatoms. The number of fused-ring (bicyclic) bond motifs is 4. The Bertz CT molecular complexity index is 1020. The smallest absolute Gasteiger partial charge is 0.175 e. The molecule has 2 aromatic carbocycles. The van der Waals surface area contributed by atoms with Gasteiger partial charge in [0.05, 0.1) is 4.88 Å². The van der Waals surface area contributed by atoms with Gasteiger partial charge < -0.3 is 14.0 Å². The summed E-state index contributed by atoms with van der Waals surface area (Å²) in [7, 11) is 0. The third kappa shape index (κ3) is 2.32. The number of thiophene rings is 1. The molecule has 1 aliphatic rings. The number of rotatable bonds is 3. The summed E-state index contributed by atoms with van der Waals surface area (Å²) in [5.41, 5.74) is 2.59. The number of aromatic nitrogens is 1. The average molecular weight is 349 g/mol. The first-order valence-corrected chi connectivity index (χ1v) is 9.48. The van der Waals surface area contributed by atoms with Gasteiger partial charge in [0.2, 0.25) is 0 Å². The maximum atomic E-state index is 5.90. The summed E-state index contributed by atoms with van der Waals surface area (Å²) in [5.74, 6) is 1.92. The molecule has 5 rings (SSSR count). The van der Waals surface area contributed by atoms with Gasteiger partial charge in [-0.2, -0.15) is 0 Å². The molecule has 0 unspecified atom stereocenters. The highest BCUT2D eigenvalue weighted by Crippen LogP contribution is 2.44. The first kappa shape index (κ1) is 14.8. The van der Waals surface area contributed by atoms with Crippen LogP contribution in [0, 0.1) is 6.92 Å². The van der Waals surface area contributed by atoms with E-state index >= 15 is 0 Å². The van der Waals surface area contributed by atoms with Gasteiger partial charge in [-0.3, -0.25) is 0 Å². The molecule has 3 heterocycles. The number of para-hydroxylation sites is 2. The lowest BCUT2D eigenvalue weighted by atomic mass is 10.2. The fourth-order valence-corrected chi connectivity index (χ4v) is 4.84. The molecule has 3 nitrogen and oxygen atoms in total. The van der Waals surface area contributed by atoms with Gasteiger partial charge in [-0.15, -0.1) is 11.3 Å². The van der Waals surface area contributed by atoms with E-state index in [2.05, 4.69) is 60.0 Å². The summed E-state index contributed by atoms with van der Waals surface area (Å²) in [5, 5.41) is 2.64. The van der Waals surface area contributed by atoms with E-state index in [1.807, 2.05) is 0 Å². The zero-order valence-corrected chi connectivity index (χ0v) is 14.9. The predicted molar refractivity (Wildman–Crippen MR) is 103 cm³/mol. The van der Waals surface area contributed by atoms with E-state index in [1.165, 1.54) is 31.6 Å². The third-order valence-corrected chi connectivity index (χ3v) is 6.00. The van der Waals surface area contributed by atoms with Crippen LogP contribution in [0.15, 0.2) is 48.5 Å². The first-order chi connectivity index (χ1) is 12.3. The standard InChI is InChI=1S/C21H19NO2S/c1-14-20-21(24-13-12-23-20)19(25-14)10-11-22-17-8-4-2-6-15(17)16-7-3-5-9-18(16)22/h2-9H,10-13H2,1H3. The summed E-state index contributed by atoms with van der Waals surface area (Å²) in [4.78, 5) is 2.50. The number of ether oxygens (including phenoxy) is 2. The Morgan fingerprint density at radius 1 is 0.880 bits per heavy atom. The van der Waals surface area contributed by atoms with Crippen molar-refractivity contribution < 1.29 is 9.47 Å². The highest BCUT2D eigenvalue weighted by atomic mass is 32.1. The second-order valence-corrected chi connectivity index (χ2v) is 7.68. The summed E-state index contributed by atoms with van der Waals surface area (Å²) in [6.45, 7) is 4.34. The fourth-order valence-electron chi connectivity index (χ4n) is 3.79. The molecule has 0 N–H and O–H groups in total. The Labute approximate surface area is 150 Å². The lowest BCUT2D eigenvalue weighted by Crippen LogP contribution is -2.15. The first-order valence-electron chi connectivity index (χ1n) is 8.67. The minimum absolute atomic E-state index is 0.644. The fraction of sp³-hybridized carbons (Fsp3) is 0.238. The molecule has 4 aromatic rings. The number of nitrogens with zero attached hydrogens (tertiary/aromatic N) is 1. The van der Waals surface area contributed by atoms with Gasteiger partial charge in [-0.05, 0) is 19.1 Å². The van der Waals surface area contributed by atoms with Gasteiger partial charge in [0.1, 0.15) is 13.2 Å². The predicted octanol–water partition coefficient (Wildman–Crippen LogP) is 5.18. The Hall–Kier alpha value is -2.46. The Morgan fingerprint density at radius 2 is 1.48 bits per heavy atom. The van der Waals surface area contributed by atoms with E-state index in [4.69, 9.17) is 9.47 Å². The van der Waals surface area contributed by atoms with Crippen molar-refractivity contribution in [3.8, 4) is 11.5 Å². The van der Waals surface area contributed by atoms with Crippen molar-refractivity contribution in [3.05, 3.63) is 58.3 Å². The quantitative estimate of drug-likeness (QED) is 0.509. The van der Waals surface area contributed by atoms with E-state index < -0.39 is 0 Å². The van der Waals surface area contributed by atoms with Crippen LogP contribution in [-0.2, 0) is 13.0 Å². The van der Waals surface area contributed by atoms with Crippen LogP contribution in [0.25, 0.3) is 21.8 Å². The largest absolute Gasteiger partial charge is 0.485 e. The molecule has 0 radical (unpaired) electrons. The van der Waals surface area contributed by atoms with Crippen molar-refractivity contribution in [3.63, 3.8) is 0 Å². The minimum atomic E-state index is 0.644. The van der Waals surface area contributed by atoms with Crippen LogP contribution in [0.1, 0.15) is 9.75 Å². The Balaban J connectivity index is 1.56. The van der Waals surface area contributed by atoms with Crippen LogP contribution >= 0.6 is 11.3 Å². The van der Waals surface area contributed by atoms with Crippen LogP contribution in [0.2, 0.25) is 0 Å². The van der Waals surface area contributed by atoms with Crippen LogP contribution in [0.5, 0.6) is 11.5 Å². The number of hydrogen-bond acceptors (Lipinski definition) is 3. The summed E-state index contributed by atoms with van der Waals surface area (Å²) in [6, 6.07) is 17.3. The van der Waals surface area contributed by atoms with Crippen molar-refractivity contribution in [1.29, 1.82) is 0 Å². The second-order valence-electron chi connectivity index (χ2n) is 6.37. The van der Waals surface area contributed by atoms with E-state index in [-0.39, 0.29) is 0 Å². The maximum absolute atomic E-state index is 5.90. The third-order valence-electron chi connectivity index (χ3n) is 4.87. The van der Waals surface area contributed by atoms with Crippen LogP contribution < -0.4 is 9.47 Å². The average Bonchev–Trinajstić information content (AvgIpc) is 3.16. The molecule has 0 amide bonds. The van der Waals surface area contributed by atoms with E-state index in [0.717, 1.165) is 24.5 Å². The molecule has 0 atom stereocenters. The molecule has 126 valence electrons. The van der Waals surface area contributed by atoms with Gasteiger partial charge in [0, 0.05) is 39.6 Å². The maximum Gasteiger partial charge on any atom is 0.175 e. The molecule has 0 saturated carbocycles. The van der Waals surface area contributed by atoms with Gasteiger partial charge in [-0.25, -0.2) is 0 Å². The van der Waals surface area contributed by atoms with Crippen molar-refractivity contribution >= 4 is 33.1 Å². The van der Waals surface area contributed by atoms with E-state index in [9.17, 15) is 0 Å². The van der Waals surface area contributed by atoms with Gasteiger partial charge >= 0.3 is 0 Å².